The zero-order valence-corrected chi connectivity index (χ0v) is 11.0. The van der Waals surface area contributed by atoms with Gasteiger partial charge in [-0.25, -0.2) is 0 Å². The average molecular weight is 263 g/mol. The van der Waals surface area contributed by atoms with Gasteiger partial charge in [-0.05, 0) is 43.4 Å². The molecule has 0 atom stereocenters. The number of hydrogen-bond donors (Lipinski definition) is 3. The molecule has 0 aliphatic heterocycles. The summed E-state index contributed by atoms with van der Waals surface area (Å²) in [6.07, 6.45) is 6.05. The highest BCUT2D eigenvalue weighted by Gasteiger charge is 2.34. The Morgan fingerprint density at radius 1 is 1.42 bits per heavy atom. The summed E-state index contributed by atoms with van der Waals surface area (Å²) in [7, 11) is 0. The van der Waals surface area contributed by atoms with Gasteiger partial charge in [0, 0.05) is 31.4 Å². The first-order valence-electron chi connectivity index (χ1n) is 6.72. The van der Waals surface area contributed by atoms with Crippen molar-refractivity contribution in [2.24, 2.45) is 11.7 Å². The minimum absolute atomic E-state index is 0.00587. The van der Waals surface area contributed by atoms with Gasteiger partial charge in [-0.1, -0.05) is 0 Å². The summed E-state index contributed by atoms with van der Waals surface area (Å²) in [5.74, 6) is 0.0598. The Hall–Kier alpha value is -1.46. The number of rotatable bonds is 4. The van der Waals surface area contributed by atoms with Crippen molar-refractivity contribution in [1.82, 2.24) is 10.3 Å². The van der Waals surface area contributed by atoms with Crippen molar-refractivity contribution in [3.05, 3.63) is 30.1 Å². The predicted molar refractivity (Wildman–Crippen MR) is 72.0 cm³/mol. The number of pyridine rings is 1. The van der Waals surface area contributed by atoms with Crippen molar-refractivity contribution >= 4 is 5.91 Å². The number of nitrogens with zero attached hydrogens (tertiary/aromatic N) is 1. The van der Waals surface area contributed by atoms with Crippen LogP contribution < -0.4 is 11.1 Å². The third kappa shape index (κ3) is 3.75. The first-order valence-corrected chi connectivity index (χ1v) is 6.72. The second-order valence-corrected chi connectivity index (χ2v) is 5.28. The Bertz CT molecular complexity index is 414. The van der Waals surface area contributed by atoms with Gasteiger partial charge in [-0.15, -0.1) is 0 Å². The molecule has 0 saturated heterocycles. The number of carbonyl (C=O) groups excluding carboxylic acids is 1. The molecular weight excluding hydrogens is 242 g/mol. The molecular formula is C14H21N3O2. The van der Waals surface area contributed by atoms with Crippen LogP contribution in [-0.4, -0.2) is 28.1 Å². The van der Waals surface area contributed by atoms with Crippen LogP contribution in [0.4, 0.5) is 0 Å². The van der Waals surface area contributed by atoms with Crippen LogP contribution >= 0.6 is 0 Å². The molecule has 0 unspecified atom stereocenters. The van der Waals surface area contributed by atoms with Crippen molar-refractivity contribution in [2.45, 2.75) is 37.8 Å². The lowest BCUT2D eigenvalue weighted by atomic mass is 9.78. The molecule has 104 valence electrons. The molecule has 1 aromatic heterocycles. The number of aliphatic hydroxyl groups is 1. The zero-order valence-electron chi connectivity index (χ0n) is 11.0. The Labute approximate surface area is 113 Å². The molecule has 4 N–H and O–H groups in total. The minimum Gasteiger partial charge on any atom is -0.389 e. The van der Waals surface area contributed by atoms with Gasteiger partial charge < -0.3 is 16.2 Å². The van der Waals surface area contributed by atoms with E-state index in [0.717, 1.165) is 5.56 Å². The lowest BCUT2D eigenvalue weighted by molar-refractivity contribution is -0.127. The fraction of sp³-hybridized carbons (Fsp3) is 0.571. The third-order valence-electron chi connectivity index (χ3n) is 3.88. The summed E-state index contributed by atoms with van der Waals surface area (Å²) < 4.78 is 0. The molecule has 0 spiro atoms. The maximum absolute atomic E-state index is 12.0. The molecule has 1 aliphatic rings. The van der Waals surface area contributed by atoms with Crippen LogP contribution in [0.3, 0.4) is 0 Å². The molecule has 1 fully saturated rings. The second kappa shape index (κ2) is 6.12. The molecule has 0 aromatic carbocycles. The molecule has 1 heterocycles. The second-order valence-electron chi connectivity index (χ2n) is 5.28. The standard InChI is InChI=1S/C14H21N3O2/c15-10-14(19)5-1-12(2-6-14)13(18)17-9-11-3-7-16-8-4-11/h3-4,7-8,12,19H,1-2,5-6,9-10,15H2,(H,17,18). The van der Waals surface area contributed by atoms with E-state index in [1.54, 1.807) is 12.4 Å². The number of amides is 1. The predicted octanol–water partition coefficient (Wildman–Crippen LogP) is 0.578. The molecule has 2 rings (SSSR count). The van der Waals surface area contributed by atoms with E-state index in [0.29, 0.717) is 32.2 Å². The van der Waals surface area contributed by atoms with Crippen molar-refractivity contribution in [1.29, 1.82) is 0 Å². The zero-order chi connectivity index (χ0) is 13.7. The average Bonchev–Trinajstić information content (AvgIpc) is 2.47. The Morgan fingerprint density at radius 3 is 2.63 bits per heavy atom. The monoisotopic (exact) mass is 263 g/mol. The molecule has 1 aliphatic carbocycles. The van der Waals surface area contributed by atoms with E-state index in [9.17, 15) is 9.90 Å². The van der Waals surface area contributed by atoms with E-state index in [1.165, 1.54) is 0 Å². The minimum atomic E-state index is -0.762. The summed E-state index contributed by atoms with van der Waals surface area (Å²) in [5.41, 5.74) is 5.81. The first-order chi connectivity index (χ1) is 9.13. The van der Waals surface area contributed by atoms with Crippen molar-refractivity contribution in [2.75, 3.05) is 6.54 Å². The molecule has 0 bridgehead atoms. The highest BCUT2D eigenvalue weighted by molar-refractivity contribution is 5.78. The van der Waals surface area contributed by atoms with E-state index in [-0.39, 0.29) is 18.4 Å². The lowest BCUT2D eigenvalue weighted by Gasteiger charge is -2.34. The summed E-state index contributed by atoms with van der Waals surface area (Å²) in [4.78, 5) is 16.0. The molecule has 5 nitrogen and oxygen atoms in total. The van der Waals surface area contributed by atoms with Crippen LogP contribution in [-0.2, 0) is 11.3 Å². The smallest absolute Gasteiger partial charge is 0.223 e. The number of nitrogens with one attached hydrogen (secondary N) is 1. The molecule has 5 heteroatoms. The number of nitrogens with two attached hydrogens (primary N) is 1. The number of hydrogen-bond acceptors (Lipinski definition) is 4. The van der Waals surface area contributed by atoms with Gasteiger partial charge in [0.05, 0.1) is 5.60 Å². The first kappa shape index (κ1) is 14.0. The summed E-state index contributed by atoms with van der Waals surface area (Å²) in [5, 5.41) is 13.0. The molecule has 1 aromatic rings. The summed E-state index contributed by atoms with van der Waals surface area (Å²) in [6, 6.07) is 3.77. The Morgan fingerprint density at radius 2 is 2.05 bits per heavy atom. The topological polar surface area (TPSA) is 88.2 Å². The van der Waals surface area contributed by atoms with Crippen LogP contribution in [0.5, 0.6) is 0 Å². The van der Waals surface area contributed by atoms with E-state index < -0.39 is 5.60 Å². The highest BCUT2D eigenvalue weighted by Crippen LogP contribution is 2.31. The molecule has 1 saturated carbocycles. The van der Waals surface area contributed by atoms with Crippen molar-refractivity contribution < 1.29 is 9.90 Å². The normalized spacial score (nSPS) is 26.9. The molecule has 19 heavy (non-hydrogen) atoms. The van der Waals surface area contributed by atoms with E-state index in [1.807, 2.05) is 12.1 Å². The Balaban J connectivity index is 1.79. The third-order valence-corrected chi connectivity index (χ3v) is 3.88. The molecule has 0 radical (unpaired) electrons. The van der Waals surface area contributed by atoms with E-state index in [2.05, 4.69) is 10.3 Å². The van der Waals surface area contributed by atoms with Gasteiger partial charge in [0.25, 0.3) is 0 Å². The van der Waals surface area contributed by atoms with Gasteiger partial charge >= 0.3 is 0 Å². The Kier molecular flexibility index (Phi) is 4.50. The SMILES string of the molecule is NCC1(O)CCC(C(=O)NCc2ccncc2)CC1. The van der Waals surface area contributed by atoms with Crippen molar-refractivity contribution in [3.8, 4) is 0 Å². The van der Waals surface area contributed by atoms with Crippen LogP contribution in [0.25, 0.3) is 0 Å². The van der Waals surface area contributed by atoms with Gasteiger partial charge in [0.15, 0.2) is 0 Å². The quantitative estimate of drug-likeness (QED) is 0.741. The van der Waals surface area contributed by atoms with Gasteiger partial charge in [0.2, 0.25) is 5.91 Å². The van der Waals surface area contributed by atoms with Gasteiger partial charge in [0.1, 0.15) is 0 Å². The van der Waals surface area contributed by atoms with Crippen molar-refractivity contribution in [3.63, 3.8) is 0 Å². The van der Waals surface area contributed by atoms with Crippen LogP contribution in [0, 0.1) is 5.92 Å². The molecule has 1 amide bonds. The summed E-state index contributed by atoms with van der Waals surface area (Å²) in [6.45, 7) is 0.803. The van der Waals surface area contributed by atoms with Crippen LogP contribution in [0.2, 0.25) is 0 Å². The number of aromatic nitrogens is 1. The number of carbonyl (C=O) groups is 1. The van der Waals surface area contributed by atoms with E-state index >= 15 is 0 Å². The maximum Gasteiger partial charge on any atom is 0.223 e. The maximum atomic E-state index is 12.0. The lowest BCUT2D eigenvalue weighted by Crippen LogP contribution is -2.44. The van der Waals surface area contributed by atoms with Crippen LogP contribution in [0.1, 0.15) is 31.2 Å². The fourth-order valence-electron chi connectivity index (χ4n) is 2.46. The van der Waals surface area contributed by atoms with Crippen LogP contribution in [0.15, 0.2) is 24.5 Å². The van der Waals surface area contributed by atoms with Gasteiger partial charge in [-0.3, -0.25) is 9.78 Å². The largest absolute Gasteiger partial charge is 0.389 e. The van der Waals surface area contributed by atoms with Gasteiger partial charge in [-0.2, -0.15) is 0 Å². The highest BCUT2D eigenvalue weighted by atomic mass is 16.3. The fourth-order valence-corrected chi connectivity index (χ4v) is 2.46. The summed E-state index contributed by atoms with van der Waals surface area (Å²) >= 11 is 0. The van der Waals surface area contributed by atoms with E-state index in [4.69, 9.17) is 5.73 Å².